The van der Waals surface area contributed by atoms with E-state index < -0.39 is 0 Å². The van der Waals surface area contributed by atoms with Crippen molar-refractivity contribution in [1.29, 1.82) is 0 Å². The third-order valence-corrected chi connectivity index (χ3v) is 10.6. The number of hydrogen-bond acceptors (Lipinski definition) is 1. The Kier molecular flexibility index (Phi) is 47.9. The van der Waals surface area contributed by atoms with Crippen LogP contribution >= 0.6 is 0 Å². The lowest BCUT2D eigenvalue weighted by atomic mass is 10.0. The molecule has 0 saturated heterocycles. The van der Waals surface area contributed by atoms with E-state index in [0.717, 1.165) is 0 Å². The first-order valence-corrected chi connectivity index (χ1v) is 23.6. The Morgan fingerprint density at radius 3 is 0.392 bits per heavy atom. The van der Waals surface area contributed by atoms with E-state index in [1.165, 1.54) is 257 Å². The van der Waals surface area contributed by atoms with Gasteiger partial charge in [-0.3, -0.25) is 0 Å². The highest BCUT2D eigenvalue weighted by molar-refractivity contribution is 4.83. The Labute approximate surface area is 323 Å². The average molecular weight is 711 g/mol. The van der Waals surface area contributed by atoms with Gasteiger partial charge in [-0.2, -0.15) is 0 Å². The summed E-state index contributed by atoms with van der Waals surface area (Å²) in [5.74, 6) is 0. The van der Waals surface area contributed by atoms with E-state index in [2.05, 4.69) is 48.6 Å². The summed E-state index contributed by atoms with van der Waals surface area (Å²) in [6, 6.07) is 0. The van der Waals surface area contributed by atoms with Gasteiger partial charge in [0.15, 0.2) is 0 Å². The van der Waals surface area contributed by atoms with Crippen molar-refractivity contribution in [3.63, 3.8) is 0 Å². The van der Waals surface area contributed by atoms with Gasteiger partial charge in [0.25, 0.3) is 0 Å². The fraction of sp³-hybridized carbons (Fsp3) is 0.840. The van der Waals surface area contributed by atoms with E-state index in [9.17, 15) is 0 Å². The third kappa shape index (κ3) is 48.9. The summed E-state index contributed by atoms with van der Waals surface area (Å²) < 4.78 is 0. The third-order valence-electron chi connectivity index (χ3n) is 10.6. The first-order chi connectivity index (χ1) is 25.4. The quantitative estimate of drug-likeness (QED) is 0.248. The van der Waals surface area contributed by atoms with Crippen LogP contribution in [0.5, 0.6) is 0 Å². The molecule has 0 fully saturated rings. The second kappa shape index (κ2) is 48.9. The van der Waals surface area contributed by atoms with Gasteiger partial charge in [-0.25, -0.2) is 0 Å². The van der Waals surface area contributed by atoms with E-state index in [-0.39, 0.29) is 6.61 Å². The summed E-state index contributed by atoms with van der Waals surface area (Å²) in [5, 5.41) is 7.57. The van der Waals surface area contributed by atoms with Crippen molar-refractivity contribution in [3.8, 4) is 0 Å². The van der Waals surface area contributed by atoms with E-state index in [1.54, 1.807) is 6.92 Å². The van der Waals surface area contributed by atoms with Crippen LogP contribution in [0.1, 0.15) is 264 Å². The van der Waals surface area contributed by atoms with E-state index in [0.29, 0.717) is 0 Å². The lowest BCUT2D eigenvalue weighted by Gasteiger charge is -2.02. The summed E-state index contributed by atoms with van der Waals surface area (Å²) in [6.07, 6.45) is 76.0. The SMILES string of the molecule is C1=C/CCCCCCCCCC/1.C1=C/CCCCCCCCCC/1.C1=C/CCCCCCCCCC/1.C1=C/CCCCCCCCCC/1.CCO. The fourth-order valence-electron chi connectivity index (χ4n) is 7.28. The largest absolute Gasteiger partial charge is 0.397 e. The van der Waals surface area contributed by atoms with Crippen molar-refractivity contribution in [2.24, 2.45) is 0 Å². The fourth-order valence-corrected chi connectivity index (χ4v) is 7.28. The van der Waals surface area contributed by atoms with Gasteiger partial charge < -0.3 is 5.11 Å². The smallest absolute Gasteiger partial charge is 0.0402 e. The lowest BCUT2D eigenvalue weighted by molar-refractivity contribution is 0.318. The molecular weight excluding hydrogens is 617 g/mol. The van der Waals surface area contributed by atoms with Crippen LogP contribution in [0.15, 0.2) is 48.6 Å². The Balaban J connectivity index is 0.000000636. The molecule has 0 amide bonds. The second-order valence-electron chi connectivity index (χ2n) is 15.8. The molecule has 0 saturated carbocycles. The van der Waals surface area contributed by atoms with Crippen LogP contribution in [-0.2, 0) is 0 Å². The van der Waals surface area contributed by atoms with Crippen molar-refractivity contribution < 1.29 is 5.11 Å². The Morgan fingerprint density at radius 1 is 0.216 bits per heavy atom. The monoisotopic (exact) mass is 711 g/mol. The zero-order chi connectivity index (χ0) is 36.6. The summed E-state index contributed by atoms with van der Waals surface area (Å²) in [7, 11) is 0. The van der Waals surface area contributed by atoms with Crippen LogP contribution in [0.2, 0.25) is 0 Å². The van der Waals surface area contributed by atoms with Crippen molar-refractivity contribution in [2.45, 2.75) is 264 Å². The van der Waals surface area contributed by atoms with Crippen LogP contribution in [0, 0.1) is 0 Å². The summed E-state index contributed by atoms with van der Waals surface area (Å²) in [6.45, 7) is 1.93. The normalized spacial score (nSPS) is 24.2. The van der Waals surface area contributed by atoms with Gasteiger partial charge in [0.1, 0.15) is 0 Å². The van der Waals surface area contributed by atoms with E-state index >= 15 is 0 Å². The molecule has 0 aliphatic heterocycles. The topological polar surface area (TPSA) is 20.2 Å². The zero-order valence-corrected chi connectivity index (χ0v) is 35.1. The molecule has 0 heterocycles. The molecule has 4 aliphatic rings. The molecule has 0 atom stereocenters. The van der Waals surface area contributed by atoms with E-state index in [4.69, 9.17) is 5.11 Å². The minimum atomic E-state index is 0.250. The maximum atomic E-state index is 7.57. The molecule has 0 aromatic heterocycles. The molecule has 0 radical (unpaired) electrons. The predicted octanol–water partition coefficient (Wildman–Crippen LogP) is 17.8. The predicted molar refractivity (Wildman–Crippen MR) is 234 cm³/mol. The van der Waals surface area contributed by atoms with Gasteiger partial charge in [0, 0.05) is 6.61 Å². The molecule has 4 aliphatic carbocycles. The molecule has 300 valence electrons. The highest BCUT2D eigenvalue weighted by Crippen LogP contribution is 2.16. The number of allylic oxidation sites excluding steroid dienone is 8. The Bertz CT molecular complexity index is 539. The number of hydrogen-bond donors (Lipinski definition) is 1. The van der Waals surface area contributed by atoms with Crippen LogP contribution in [-0.4, -0.2) is 11.7 Å². The van der Waals surface area contributed by atoms with Gasteiger partial charge in [0.05, 0.1) is 0 Å². The van der Waals surface area contributed by atoms with Crippen molar-refractivity contribution in [3.05, 3.63) is 48.6 Å². The maximum Gasteiger partial charge on any atom is 0.0402 e. The van der Waals surface area contributed by atoms with Gasteiger partial charge >= 0.3 is 0 Å². The number of aliphatic hydroxyl groups is 1. The van der Waals surface area contributed by atoms with Gasteiger partial charge in [-0.1, -0.05) is 203 Å². The van der Waals surface area contributed by atoms with Crippen molar-refractivity contribution in [2.75, 3.05) is 6.61 Å². The molecule has 0 bridgehead atoms. The van der Waals surface area contributed by atoms with Crippen LogP contribution < -0.4 is 0 Å². The van der Waals surface area contributed by atoms with Crippen LogP contribution in [0.3, 0.4) is 0 Å². The highest BCUT2D eigenvalue weighted by atomic mass is 16.2. The molecule has 51 heavy (non-hydrogen) atoms. The second-order valence-corrected chi connectivity index (χ2v) is 15.8. The van der Waals surface area contributed by atoms with Gasteiger partial charge in [0.2, 0.25) is 0 Å². The zero-order valence-electron chi connectivity index (χ0n) is 35.1. The van der Waals surface area contributed by atoms with Crippen molar-refractivity contribution in [1.82, 2.24) is 0 Å². The molecule has 4 rings (SSSR count). The minimum Gasteiger partial charge on any atom is -0.397 e. The highest BCUT2D eigenvalue weighted by Gasteiger charge is 1.96. The average Bonchev–Trinajstić information content (AvgIpc) is 3.11. The molecule has 0 spiro atoms. The van der Waals surface area contributed by atoms with Crippen LogP contribution in [0.25, 0.3) is 0 Å². The molecule has 1 heteroatoms. The summed E-state index contributed by atoms with van der Waals surface area (Å²) in [4.78, 5) is 0. The molecular formula is C50H94O. The maximum absolute atomic E-state index is 7.57. The van der Waals surface area contributed by atoms with Gasteiger partial charge in [-0.15, -0.1) is 0 Å². The first kappa shape index (κ1) is 49.9. The summed E-state index contributed by atoms with van der Waals surface area (Å²) in [5.41, 5.74) is 0. The molecule has 1 N–H and O–H groups in total. The number of rotatable bonds is 0. The molecule has 0 aromatic rings. The standard InChI is InChI=1S/4C12H22.C2H6O/c4*1-2-4-6-8-10-12-11-9-7-5-3-1;1-2-3/h4*1-2H,3-12H2;3H,2H2,1H3/b4*2-1+;. The van der Waals surface area contributed by atoms with E-state index in [1.807, 2.05) is 0 Å². The minimum absolute atomic E-state index is 0.250. The molecule has 1 nitrogen and oxygen atoms in total. The first-order valence-electron chi connectivity index (χ1n) is 23.6. The van der Waals surface area contributed by atoms with Gasteiger partial charge in [-0.05, 0) is 110 Å². The lowest BCUT2D eigenvalue weighted by Crippen LogP contribution is -1.82. The summed E-state index contributed by atoms with van der Waals surface area (Å²) >= 11 is 0. The molecule has 0 aromatic carbocycles. The Hall–Kier alpha value is -1.08. The molecule has 0 unspecified atom stereocenters. The Morgan fingerprint density at radius 2 is 0.294 bits per heavy atom. The van der Waals surface area contributed by atoms with Crippen molar-refractivity contribution >= 4 is 0 Å². The van der Waals surface area contributed by atoms with Crippen LogP contribution in [0.4, 0.5) is 0 Å². The number of aliphatic hydroxyl groups excluding tert-OH is 1.